The van der Waals surface area contributed by atoms with E-state index < -0.39 is 6.10 Å². The normalized spacial score (nSPS) is 12.2. The van der Waals surface area contributed by atoms with Crippen LogP contribution in [0.25, 0.3) is 0 Å². The molecule has 6 nitrogen and oxygen atoms in total. The van der Waals surface area contributed by atoms with E-state index in [1.807, 2.05) is 0 Å². The molecule has 0 bridgehead atoms. The molecule has 0 aromatic rings. The van der Waals surface area contributed by atoms with Crippen molar-refractivity contribution in [2.24, 2.45) is 17.8 Å². The molecule has 0 amide bonds. The molecule has 0 heterocycles. The molecule has 0 aliphatic rings. The minimum absolute atomic E-state index is 0.0667. The van der Waals surface area contributed by atoms with E-state index in [1.54, 1.807) is 0 Å². The lowest BCUT2D eigenvalue weighted by Gasteiger charge is -2.18. The topological polar surface area (TPSA) is 78.9 Å². The molecule has 0 aromatic heterocycles. The van der Waals surface area contributed by atoms with Crippen molar-refractivity contribution in [1.29, 1.82) is 0 Å². The van der Waals surface area contributed by atoms with Crippen LogP contribution < -0.4 is 0 Å². The van der Waals surface area contributed by atoms with Crippen LogP contribution in [0.1, 0.15) is 253 Å². The van der Waals surface area contributed by atoms with E-state index in [-0.39, 0.29) is 31.1 Å². The third kappa shape index (κ3) is 41.6. The second kappa shape index (κ2) is 39.6. The number of rotatable bonds is 41. The molecule has 6 heteroatoms. The quantitative estimate of drug-likeness (QED) is 0.0350. The zero-order chi connectivity index (χ0) is 39.9. The van der Waals surface area contributed by atoms with Crippen LogP contribution in [0.4, 0.5) is 0 Å². The molecule has 0 saturated heterocycles. The van der Waals surface area contributed by atoms with Gasteiger partial charge in [0, 0.05) is 19.3 Å². The van der Waals surface area contributed by atoms with Gasteiger partial charge in [-0.25, -0.2) is 0 Å². The van der Waals surface area contributed by atoms with Gasteiger partial charge in [0.1, 0.15) is 13.2 Å². The maximum atomic E-state index is 12.7. The van der Waals surface area contributed by atoms with E-state index in [1.165, 1.54) is 135 Å². The fraction of sp³-hybridized carbons (Fsp3) is 0.938. The first kappa shape index (κ1) is 52.4. The summed E-state index contributed by atoms with van der Waals surface area (Å²) in [7, 11) is 0. The van der Waals surface area contributed by atoms with Gasteiger partial charge in [0.25, 0.3) is 0 Å². The van der Waals surface area contributed by atoms with E-state index in [0.29, 0.717) is 19.3 Å². The zero-order valence-corrected chi connectivity index (χ0v) is 37.0. The first-order chi connectivity index (χ1) is 26.1. The van der Waals surface area contributed by atoms with Crippen LogP contribution in [0.15, 0.2) is 0 Å². The van der Waals surface area contributed by atoms with E-state index in [2.05, 4.69) is 41.5 Å². The summed E-state index contributed by atoms with van der Waals surface area (Å²) in [5.41, 5.74) is 0. The number of unbranched alkanes of at least 4 members (excludes halogenated alkanes) is 24. The Kier molecular flexibility index (Phi) is 38.5. The highest BCUT2D eigenvalue weighted by atomic mass is 16.6. The molecule has 0 aliphatic carbocycles. The third-order valence-corrected chi connectivity index (χ3v) is 10.6. The van der Waals surface area contributed by atoms with Crippen molar-refractivity contribution in [3.8, 4) is 0 Å². The summed E-state index contributed by atoms with van der Waals surface area (Å²) >= 11 is 0. The highest BCUT2D eigenvalue weighted by Gasteiger charge is 2.19. The van der Waals surface area contributed by atoms with Crippen LogP contribution in [0.5, 0.6) is 0 Å². The van der Waals surface area contributed by atoms with Crippen molar-refractivity contribution >= 4 is 17.9 Å². The lowest BCUT2D eigenvalue weighted by atomic mass is 10.0. The van der Waals surface area contributed by atoms with Gasteiger partial charge in [0.2, 0.25) is 0 Å². The summed E-state index contributed by atoms with van der Waals surface area (Å²) in [5, 5.41) is 0. The van der Waals surface area contributed by atoms with E-state index in [4.69, 9.17) is 14.2 Å². The van der Waals surface area contributed by atoms with Gasteiger partial charge in [-0.1, -0.05) is 215 Å². The molecule has 0 spiro atoms. The summed E-state index contributed by atoms with van der Waals surface area (Å²) in [6.45, 7) is 13.6. The highest BCUT2D eigenvalue weighted by Crippen LogP contribution is 2.17. The zero-order valence-electron chi connectivity index (χ0n) is 37.0. The second-order valence-electron chi connectivity index (χ2n) is 17.8. The van der Waals surface area contributed by atoms with Crippen LogP contribution in [0, 0.1) is 17.8 Å². The van der Waals surface area contributed by atoms with Gasteiger partial charge in [0.05, 0.1) is 0 Å². The molecule has 0 unspecified atom stereocenters. The molecule has 0 saturated carbocycles. The summed E-state index contributed by atoms with van der Waals surface area (Å²) in [5.74, 6) is 1.52. The molecule has 0 rings (SSSR count). The maximum Gasteiger partial charge on any atom is 0.306 e. The smallest absolute Gasteiger partial charge is 0.306 e. The monoisotopic (exact) mass is 765 g/mol. The summed E-state index contributed by atoms with van der Waals surface area (Å²) < 4.78 is 16.7. The Bertz CT molecular complexity index is 837. The Morgan fingerprint density at radius 1 is 0.315 bits per heavy atom. The number of carbonyl (C=O) groups excluding carboxylic acids is 3. The van der Waals surface area contributed by atoms with Gasteiger partial charge < -0.3 is 14.2 Å². The minimum Gasteiger partial charge on any atom is -0.462 e. The first-order valence-corrected chi connectivity index (χ1v) is 23.6. The number of ether oxygens (including phenoxy) is 3. The fourth-order valence-corrected chi connectivity index (χ4v) is 7.06. The Morgan fingerprint density at radius 3 is 0.796 bits per heavy atom. The molecule has 54 heavy (non-hydrogen) atoms. The Balaban J connectivity index is 4.25. The van der Waals surface area contributed by atoms with Crippen LogP contribution in [0.2, 0.25) is 0 Å². The molecule has 320 valence electrons. The van der Waals surface area contributed by atoms with E-state index in [9.17, 15) is 14.4 Å². The van der Waals surface area contributed by atoms with E-state index >= 15 is 0 Å². The molecule has 0 aromatic carbocycles. The van der Waals surface area contributed by atoms with Crippen LogP contribution in [-0.4, -0.2) is 37.2 Å². The fourth-order valence-electron chi connectivity index (χ4n) is 7.06. The molecule has 0 N–H and O–H groups in total. The number of hydrogen-bond acceptors (Lipinski definition) is 6. The average Bonchev–Trinajstić information content (AvgIpc) is 3.12. The van der Waals surface area contributed by atoms with Gasteiger partial charge in [-0.3, -0.25) is 14.4 Å². The average molecular weight is 765 g/mol. The Hall–Kier alpha value is -1.59. The molecule has 0 radical (unpaired) electrons. The molecular formula is C48H92O6. The number of hydrogen-bond donors (Lipinski definition) is 0. The van der Waals surface area contributed by atoms with Crippen molar-refractivity contribution in [1.82, 2.24) is 0 Å². The van der Waals surface area contributed by atoms with Gasteiger partial charge in [0.15, 0.2) is 6.10 Å². The lowest BCUT2D eigenvalue weighted by Crippen LogP contribution is -2.30. The minimum atomic E-state index is -0.762. The van der Waals surface area contributed by atoms with Crippen LogP contribution in [0.3, 0.4) is 0 Å². The molecular weight excluding hydrogens is 673 g/mol. The molecule has 0 aliphatic heterocycles. The Morgan fingerprint density at radius 2 is 0.537 bits per heavy atom. The summed E-state index contributed by atoms with van der Waals surface area (Å²) in [4.78, 5) is 37.7. The van der Waals surface area contributed by atoms with Crippen LogP contribution in [-0.2, 0) is 28.6 Å². The molecule has 0 fully saturated rings. The van der Waals surface area contributed by atoms with Gasteiger partial charge in [-0.15, -0.1) is 0 Å². The SMILES string of the molecule is CC(C)CCCCCCCCCCCCCCCCC(=O)OC[C@H](COC(=O)CCCCCCCCC(C)C)OC(=O)CCCCCCCCCC(C)C. The maximum absolute atomic E-state index is 12.7. The highest BCUT2D eigenvalue weighted by molar-refractivity contribution is 5.71. The van der Waals surface area contributed by atoms with E-state index in [0.717, 1.165) is 75.5 Å². The van der Waals surface area contributed by atoms with Gasteiger partial charge in [-0.2, -0.15) is 0 Å². The second-order valence-corrected chi connectivity index (χ2v) is 17.8. The van der Waals surface area contributed by atoms with Gasteiger partial charge >= 0.3 is 17.9 Å². The van der Waals surface area contributed by atoms with Crippen molar-refractivity contribution in [2.45, 2.75) is 260 Å². The number of esters is 3. The third-order valence-electron chi connectivity index (χ3n) is 10.6. The predicted octanol–water partition coefficient (Wildman–Crippen LogP) is 14.8. The van der Waals surface area contributed by atoms with Crippen molar-refractivity contribution < 1.29 is 28.6 Å². The molecule has 1 atom stereocenters. The summed E-state index contributed by atoms with van der Waals surface area (Å²) in [6.07, 6.45) is 36.8. The summed E-state index contributed by atoms with van der Waals surface area (Å²) in [6, 6.07) is 0. The van der Waals surface area contributed by atoms with Crippen molar-refractivity contribution in [3.63, 3.8) is 0 Å². The first-order valence-electron chi connectivity index (χ1n) is 23.6. The Labute approximate surface area is 336 Å². The predicted molar refractivity (Wildman–Crippen MR) is 229 cm³/mol. The van der Waals surface area contributed by atoms with Crippen molar-refractivity contribution in [3.05, 3.63) is 0 Å². The van der Waals surface area contributed by atoms with Crippen LogP contribution >= 0.6 is 0 Å². The number of carbonyl (C=O) groups is 3. The largest absolute Gasteiger partial charge is 0.462 e. The lowest BCUT2D eigenvalue weighted by molar-refractivity contribution is -0.167. The standard InChI is InChI=1S/C48H92O6/c1-42(2)34-28-22-16-13-11-9-7-8-10-12-14-18-25-31-37-46(49)52-40-45(41-53-47(50)38-32-26-21-20-24-30-36-44(5)6)54-48(51)39-33-27-19-15-17-23-29-35-43(3)4/h42-45H,7-41H2,1-6H3/t45-/m1/s1. The van der Waals surface area contributed by atoms with Gasteiger partial charge in [-0.05, 0) is 37.0 Å². The van der Waals surface area contributed by atoms with Crippen molar-refractivity contribution in [2.75, 3.05) is 13.2 Å².